The molecule has 6 nitrogen and oxygen atoms in total. The number of nitrogens with one attached hydrogen (secondary N) is 1. The van der Waals surface area contributed by atoms with Crippen LogP contribution < -0.4 is 14.8 Å². The third kappa shape index (κ3) is 4.57. The summed E-state index contributed by atoms with van der Waals surface area (Å²) in [5.41, 5.74) is 1.04. The Bertz CT molecular complexity index is 1030. The monoisotopic (exact) mass is 432 g/mol. The first-order valence-electron chi connectivity index (χ1n) is 9.44. The van der Waals surface area contributed by atoms with Gasteiger partial charge in [-0.15, -0.1) is 0 Å². The Morgan fingerprint density at radius 2 is 2.07 bits per heavy atom. The lowest BCUT2D eigenvalue weighted by atomic mass is 10.0. The Labute approximate surface area is 178 Å². The Kier molecular flexibility index (Phi) is 6.95. The minimum atomic E-state index is -0.586. The average molecular weight is 433 g/mol. The van der Waals surface area contributed by atoms with Crippen LogP contribution in [0.4, 0.5) is 4.39 Å². The summed E-state index contributed by atoms with van der Waals surface area (Å²) in [5, 5.41) is 6.80. The smallest absolute Gasteiger partial charge is 0.257 e. The molecule has 1 amide bonds. The van der Waals surface area contributed by atoms with E-state index >= 15 is 0 Å². The van der Waals surface area contributed by atoms with Gasteiger partial charge in [-0.05, 0) is 43.2 Å². The first-order valence-corrected chi connectivity index (χ1v) is 9.82. The molecule has 0 aliphatic carbocycles. The fourth-order valence-electron chi connectivity index (χ4n) is 2.96. The molecule has 30 heavy (non-hydrogen) atoms. The molecule has 1 N–H and O–H groups in total. The summed E-state index contributed by atoms with van der Waals surface area (Å²) in [5.74, 6) is 0.448. The molecule has 0 fully saturated rings. The van der Waals surface area contributed by atoms with Crippen molar-refractivity contribution in [2.45, 2.75) is 26.8 Å². The molecular formula is C22H22ClFN2O4. The van der Waals surface area contributed by atoms with E-state index in [1.807, 2.05) is 13.0 Å². The number of benzene rings is 2. The Hall–Kier alpha value is -3.06. The van der Waals surface area contributed by atoms with Crippen molar-refractivity contribution < 1.29 is 23.2 Å². The maximum atomic E-state index is 14.3. The number of carbonyl (C=O) groups excluding carboxylic acids is 1. The second-order valence-electron chi connectivity index (χ2n) is 6.58. The predicted molar refractivity (Wildman–Crippen MR) is 112 cm³/mol. The zero-order valence-electron chi connectivity index (χ0n) is 16.9. The van der Waals surface area contributed by atoms with Crippen LogP contribution in [-0.4, -0.2) is 24.8 Å². The lowest BCUT2D eigenvalue weighted by molar-refractivity contribution is 0.0950. The van der Waals surface area contributed by atoms with E-state index in [0.29, 0.717) is 18.1 Å². The van der Waals surface area contributed by atoms with Crippen LogP contribution in [0.15, 0.2) is 40.9 Å². The lowest BCUT2D eigenvalue weighted by Gasteiger charge is -2.12. The zero-order valence-corrected chi connectivity index (χ0v) is 17.7. The van der Waals surface area contributed by atoms with E-state index in [9.17, 15) is 9.18 Å². The molecule has 0 unspecified atom stereocenters. The molecule has 1 heterocycles. The summed E-state index contributed by atoms with van der Waals surface area (Å²) in [7, 11) is 1.56. The van der Waals surface area contributed by atoms with E-state index in [-0.39, 0.29) is 34.1 Å². The summed E-state index contributed by atoms with van der Waals surface area (Å²) in [4.78, 5) is 12.8. The number of aryl methyl sites for hydroxylation is 1. The van der Waals surface area contributed by atoms with Crippen LogP contribution in [0.1, 0.15) is 35.0 Å². The quantitative estimate of drug-likeness (QED) is 0.531. The van der Waals surface area contributed by atoms with Crippen molar-refractivity contribution in [2.75, 3.05) is 13.7 Å². The molecule has 158 valence electrons. The van der Waals surface area contributed by atoms with E-state index < -0.39 is 11.7 Å². The van der Waals surface area contributed by atoms with Gasteiger partial charge >= 0.3 is 0 Å². The Morgan fingerprint density at radius 3 is 2.77 bits per heavy atom. The van der Waals surface area contributed by atoms with Crippen LogP contribution >= 0.6 is 11.6 Å². The van der Waals surface area contributed by atoms with Crippen LogP contribution in [-0.2, 0) is 6.54 Å². The van der Waals surface area contributed by atoms with Crippen LogP contribution in [0.3, 0.4) is 0 Å². The highest BCUT2D eigenvalue weighted by atomic mass is 35.5. The van der Waals surface area contributed by atoms with E-state index in [1.165, 1.54) is 18.2 Å². The highest BCUT2D eigenvalue weighted by Gasteiger charge is 2.25. The molecule has 0 aliphatic rings. The maximum absolute atomic E-state index is 14.3. The minimum absolute atomic E-state index is 0.0280. The number of carbonyl (C=O) groups is 1. The van der Waals surface area contributed by atoms with E-state index in [0.717, 1.165) is 12.0 Å². The van der Waals surface area contributed by atoms with Gasteiger partial charge in [0, 0.05) is 6.54 Å². The molecule has 0 atom stereocenters. The molecule has 0 saturated heterocycles. The van der Waals surface area contributed by atoms with Gasteiger partial charge in [-0.25, -0.2) is 4.39 Å². The number of nitrogens with zero attached hydrogens (tertiary/aromatic N) is 1. The van der Waals surface area contributed by atoms with Crippen molar-refractivity contribution in [1.82, 2.24) is 10.5 Å². The SMILES string of the molecule is CCCOc1ccc(CNC(=O)c2c(-c3c(F)cccc3Cl)noc2C)cc1OC. The molecule has 0 saturated carbocycles. The zero-order chi connectivity index (χ0) is 21.7. The van der Waals surface area contributed by atoms with Gasteiger partial charge in [0.05, 0.1) is 24.3 Å². The normalized spacial score (nSPS) is 10.7. The minimum Gasteiger partial charge on any atom is -0.493 e. The predicted octanol–water partition coefficient (Wildman–Crippen LogP) is 5.17. The Morgan fingerprint density at radius 1 is 1.27 bits per heavy atom. The first kappa shape index (κ1) is 21.6. The number of rotatable bonds is 8. The average Bonchev–Trinajstić information content (AvgIpc) is 3.11. The summed E-state index contributed by atoms with van der Waals surface area (Å²) in [6.07, 6.45) is 0.882. The lowest BCUT2D eigenvalue weighted by Crippen LogP contribution is -2.23. The van der Waals surface area contributed by atoms with Crippen molar-refractivity contribution in [3.05, 3.63) is 64.1 Å². The first-order chi connectivity index (χ1) is 14.5. The van der Waals surface area contributed by atoms with Gasteiger partial charge in [0.15, 0.2) is 11.5 Å². The molecule has 3 rings (SSSR count). The van der Waals surface area contributed by atoms with E-state index in [2.05, 4.69) is 10.5 Å². The van der Waals surface area contributed by atoms with Crippen molar-refractivity contribution in [3.63, 3.8) is 0 Å². The number of aromatic nitrogens is 1. The topological polar surface area (TPSA) is 73.6 Å². The van der Waals surface area contributed by atoms with Crippen molar-refractivity contribution in [3.8, 4) is 22.8 Å². The molecule has 0 spiro atoms. The maximum Gasteiger partial charge on any atom is 0.257 e. The molecular weight excluding hydrogens is 411 g/mol. The molecule has 0 radical (unpaired) electrons. The second kappa shape index (κ2) is 9.63. The summed E-state index contributed by atoms with van der Waals surface area (Å²) < 4.78 is 30.5. The fourth-order valence-corrected chi connectivity index (χ4v) is 3.21. The van der Waals surface area contributed by atoms with Gasteiger partial charge in [0.25, 0.3) is 5.91 Å². The van der Waals surface area contributed by atoms with Gasteiger partial charge in [0.1, 0.15) is 22.8 Å². The number of methoxy groups -OCH3 is 1. The highest BCUT2D eigenvalue weighted by molar-refractivity contribution is 6.33. The number of amides is 1. The third-order valence-corrected chi connectivity index (χ3v) is 4.75. The van der Waals surface area contributed by atoms with Gasteiger partial charge in [-0.1, -0.05) is 35.8 Å². The number of halogens is 2. The van der Waals surface area contributed by atoms with Crippen molar-refractivity contribution >= 4 is 17.5 Å². The van der Waals surface area contributed by atoms with Crippen molar-refractivity contribution in [2.24, 2.45) is 0 Å². The Balaban J connectivity index is 1.80. The molecule has 0 aliphatic heterocycles. The van der Waals surface area contributed by atoms with Crippen LogP contribution in [0, 0.1) is 12.7 Å². The second-order valence-corrected chi connectivity index (χ2v) is 6.98. The van der Waals surface area contributed by atoms with E-state index in [1.54, 1.807) is 26.2 Å². The molecule has 8 heteroatoms. The molecule has 3 aromatic rings. The molecule has 0 bridgehead atoms. The largest absolute Gasteiger partial charge is 0.493 e. The fraction of sp³-hybridized carbons (Fsp3) is 0.273. The van der Waals surface area contributed by atoms with Gasteiger partial charge < -0.3 is 19.3 Å². The number of ether oxygens (including phenoxy) is 2. The van der Waals surface area contributed by atoms with E-state index in [4.69, 9.17) is 25.6 Å². The standard InChI is InChI=1S/C22H22ClFN2O4/c1-4-10-29-17-9-8-14(11-18(17)28-3)12-25-22(27)19-13(2)30-26-21(19)20-15(23)6-5-7-16(20)24/h5-9,11H,4,10,12H2,1-3H3,(H,25,27). The van der Waals surface area contributed by atoms with Crippen molar-refractivity contribution in [1.29, 1.82) is 0 Å². The van der Waals surface area contributed by atoms with Gasteiger partial charge in [0.2, 0.25) is 0 Å². The highest BCUT2D eigenvalue weighted by Crippen LogP contribution is 2.33. The van der Waals surface area contributed by atoms with Gasteiger partial charge in [-0.3, -0.25) is 4.79 Å². The third-order valence-electron chi connectivity index (χ3n) is 4.43. The van der Waals surface area contributed by atoms with Crippen LogP contribution in [0.25, 0.3) is 11.3 Å². The van der Waals surface area contributed by atoms with Gasteiger partial charge in [-0.2, -0.15) is 0 Å². The summed E-state index contributed by atoms with van der Waals surface area (Å²) in [6.45, 7) is 4.41. The summed E-state index contributed by atoms with van der Waals surface area (Å²) >= 11 is 6.13. The number of hydrogen-bond acceptors (Lipinski definition) is 5. The summed E-state index contributed by atoms with van der Waals surface area (Å²) in [6, 6.07) is 9.69. The van der Waals surface area contributed by atoms with Crippen LogP contribution in [0.5, 0.6) is 11.5 Å². The molecule has 2 aromatic carbocycles. The van der Waals surface area contributed by atoms with Crippen LogP contribution in [0.2, 0.25) is 5.02 Å². The number of hydrogen-bond donors (Lipinski definition) is 1. The molecule has 1 aromatic heterocycles.